The van der Waals surface area contributed by atoms with Crippen molar-refractivity contribution < 1.29 is 55.8 Å². The van der Waals surface area contributed by atoms with E-state index in [0.29, 0.717) is 5.41 Å². The molecule has 0 saturated heterocycles. The Morgan fingerprint density at radius 3 is 2.14 bits per heavy atom. The molecule has 0 atom stereocenters. The van der Waals surface area contributed by atoms with Gasteiger partial charge < -0.3 is 29.6 Å². The number of halogens is 3. The predicted octanol–water partition coefficient (Wildman–Crippen LogP) is 3.06. The van der Waals surface area contributed by atoms with Gasteiger partial charge in [0, 0.05) is 5.02 Å². The number of hydrogen-bond donors (Lipinski definition) is 0. The first-order valence-electron chi connectivity index (χ1n) is 10.9. The third kappa shape index (κ3) is 7.02. The van der Waals surface area contributed by atoms with Gasteiger partial charge in [0.1, 0.15) is 0 Å². The Balaban J connectivity index is 0.000000407. The Morgan fingerprint density at radius 2 is 1.60 bits per heavy atom. The zero-order valence-corrected chi connectivity index (χ0v) is 25.4. The summed E-state index contributed by atoms with van der Waals surface area (Å²) < 4.78 is 5.58. The molecular weight excluding hydrogens is 574 g/mol. The molecule has 0 saturated carbocycles. The smallest absolute Gasteiger partial charge is 1.00 e. The summed E-state index contributed by atoms with van der Waals surface area (Å²) in [6.07, 6.45) is 0. The third-order valence-electron chi connectivity index (χ3n) is 5.87. The van der Waals surface area contributed by atoms with Crippen LogP contribution in [0.5, 0.6) is 5.75 Å². The molecule has 5 aromatic rings. The van der Waals surface area contributed by atoms with E-state index in [1.807, 2.05) is 24.3 Å². The molecule has 1 nitrogen and oxygen atoms in total. The topological polar surface area (TPSA) is 9.23 Å². The SMILES string of the molecule is COc1ccc(-c2ccccc2)c2[cH-]c3cc(Cl)ccc3c12.C[c-]1ccc(C(C)(C)C)c1.[Cl-].[Cl-].[Zr+4]. The molecule has 0 aliphatic rings. The van der Waals surface area contributed by atoms with Gasteiger partial charge in [0.25, 0.3) is 0 Å². The quantitative estimate of drug-likeness (QED) is 0.282. The van der Waals surface area contributed by atoms with Crippen molar-refractivity contribution in [1.82, 2.24) is 0 Å². The van der Waals surface area contributed by atoms with Gasteiger partial charge in [-0.1, -0.05) is 110 Å². The van der Waals surface area contributed by atoms with Gasteiger partial charge in [-0.05, 0) is 6.07 Å². The average molecular weight is 603 g/mol. The van der Waals surface area contributed by atoms with E-state index in [4.69, 9.17) is 16.3 Å². The number of rotatable bonds is 2. The second-order valence-corrected chi connectivity index (χ2v) is 9.71. The molecule has 35 heavy (non-hydrogen) atoms. The Kier molecular flexibility index (Phi) is 11.8. The number of fused-ring (bicyclic) bond motifs is 3. The number of hydrogen-bond acceptors (Lipinski definition) is 1. The Labute approximate surface area is 245 Å². The molecule has 5 aromatic carbocycles. The maximum absolute atomic E-state index is 6.15. The maximum Gasteiger partial charge on any atom is 4.00 e. The fraction of sp³-hybridized carbons (Fsp3) is 0.200. The van der Waals surface area contributed by atoms with E-state index in [-0.39, 0.29) is 51.0 Å². The molecule has 0 aliphatic heterocycles. The number of benzene rings is 3. The van der Waals surface area contributed by atoms with Gasteiger partial charge in [0.15, 0.2) is 0 Å². The van der Waals surface area contributed by atoms with Gasteiger partial charge in [0.05, 0.1) is 12.9 Å². The van der Waals surface area contributed by atoms with Crippen molar-refractivity contribution in [2.45, 2.75) is 33.1 Å². The molecule has 5 heteroatoms. The first kappa shape index (κ1) is 31.5. The van der Waals surface area contributed by atoms with Gasteiger partial charge in [-0.2, -0.15) is 23.3 Å². The number of ether oxygens (including phenoxy) is 1. The minimum absolute atomic E-state index is 0. The number of methoxy groups -OCH3 is 1. The minimum Gasteiger partial charge on any atom is -1.00 e. The van der Waals surface area contributed by atoms with Crippen LogP contribution in [0, 0.1) is 6.92 Å². The largest absolute Gasteiger partial charge is 4.00 e. The van der Waals surface area contributed by atoms with Gasteiger partial charge >= 0.3 is 26.2 Å². The normalized spacial score (nSPS) is 10.5. The fourth-order valence-electron chi connectivity index (χ4n) is 4.13. The zero-order chi connectivity index (χ0) is 22.9. The molecule has 0 aromatic heterocycles. The van der Waals surface area contributed by atoms with Crippen molar-refractivity contribution in [1.29, 1.82) is 0 Å². The summed E-state index contributed by atoms with van der Waals surface area (Å²) >= 11 is 6.15. The summed E-state index contributed by atoms with van der Waals surface area (Å²) in [6, 6.07) is 29.4. The fourth-order valence-corrected chi connectivity index (χ4v) is 4.31. The summed E-state index contributed by atoms with van der Waals surface area (Å²) in [5.41, 5.74) is 5.53. The van der Waals surface area contributed by atoms with Crippen molar-refractivity contribution in [2.75, 3.05) is 7.11 Å². The van der Waals surface area contributed by atoms with Crippen LogP contribution >= 0.6 is 11.6 Å². The molecule has 0 heterocycles. The van der Waals surface area contributed by atoms with Crippen molar-refractivity contribution in [2.24, 2.45) is 0 Å². The standard InChI is InChI=1S/C20H14ClO.C10H15.2ClH.Zr/c1-22-19-10-9-16(13-5-3-2-4-6-13)18-12-14-11-15(21)7-8-17(14)20(18)19;1-8-5-6-9(7-8)10(2,3)4;;;/h2-12H,1H3;5-7H,1-4H3;2*1H;/q2*-1;;;+4/p-2. The van der Waals surface area contributed by atoms with Crippen molar-refractivity contribution in [3.8, 4) is 16.9 Å². The van der Waals surface area contributed by atoms with Crippen LogP contribution in [0.25, 0.3) is 32.7 Å². The summed E-state index contributed by atoms with van der Waals surface area (Å²) in [6.45, 7) is 8.85. The molecule has 0 amide bonds. The van der Waals surface area contributed by atoms with Crippen LogP contribution in [-0.2, 0) is 31.6 Å². The van der Waals surface area contributed by atoms with Crippen LogP contribution in [-0.4, -0.2) is 7.11 Å². The van der Waals surface area contributed by atoms with E-state index < -0.39 is 0 Å². The molecule has 0 bridgehead atoms. The molecule has 5 rings (SSSR count). The third-order valence-corrected chi connectivity index (χ3v) is 6.10. The van der Waals surface area contributed by atoms with Crippen LogP contribution in [0.2, 0.25) is 5.02 Å². The van der Waals surface area contributed by atoms with Crippen molar-refractivity contribution in [3.63, 3.8) is 0 Å². The van der Waals surface area contributed by atoms with Crippen LogP contribution in [0.15, 0.2) is 84.9 Å². The average Bonchev–Trinajstić information content (AvgIpc) is 3.37. The van der Waals surface area contributed by atoms with Crippen LogP contribution in [0.3, 0.4) is 0 Å². The van der Waals surface area contributed by atoms with Gasteiger partial charge in [0.2, 0.25) is 0 Å². The van der Waals surface area contributed by atoms with E-state index >= 15 is 0 Å². The summed E-state index contributed by atoms with van der Waals surface area (Å²) in [7, 11) is 1.71. The van der Waals surface area contributed by atoms with Crippen LogP contribution in [0.4, 0.5) is 0 Å². The van der Waals surface area contributed by atoms with Crippen LogP contribution < -0.4 is 29.6 Å². The van der Waals surface area contributed by atoms with E-state index in [1.54, 1.807) is 7.11 Å². The molecule has 0 unspecified atom stereocenters. The summed E-state index contributed by atoms with van der Waals surface area (Å²) in [5.74, 6) is 0.895. The number of aryl methyl sites for hydroxylation is 1. The second kappa shape index (κ2) is 13.1. The monoisotopic (exact) mass is 600 g/mol. The Morgan fingerprint density at radius 1 is 0.914 bits per heavy atom. The van der Waals surface area contributed by atoms with Gasteiger partial charge in [-0.25, -0.2) is 6.07 Å². The Hall–Kier alpha value is -1.57. The first-order valence-corrected chi connectivity index (χ1v) is 11.3. The molecule has 0 N–H and O–H groups in total. The zero-order valence-electron chi connectivity index (χ0n) is 20.6. The van der Waals surface area contributed by atoms with Crippen molar-refractivity contribution in [3.05, 3.63) is 101 Å². The minimum atomic E-state index is 0. The molecular formula is C30H29Cl3OZr. The van der Waals surface area contributed by atoms with Crippen LogP contribution in [0.1, 0.15) is 31.9 Å². The van der Waals surface area contributed by atoms with Crippen molar-refractivity contribution >= 4 is 33.1 Å². The molecule has 0 radical (unpaired) electrons. The Bertz CT molecular complexity index is 1360. The van der Waals surface area contributed by atoms with Gasteiger partial charge in [-0.3, -0.25) is 0 Å². The second-order valence-electron chi connectivity index (χ2n) is 9.27. The van der Waals surface area contributed by atoms with E-state index in [1.165, 1.54) is 33.0 Å². The molecule has 0 fully saturated rings. The maximum atomic E-state index is 6.15. The summed E-state index contributed by atoms with van der Waals surface area (Å²) in [5, 5.41) is 5.42. The molecule has 0 aliphatic carbocycles. The molecule has 180 valence electrons. The van der Waals surface area contributed by atoms with E-state index in [0.717, 1.165) is 21.5 Å². The van der Waals surface area contributed by atoms with E-state index in [9.17, 15) is 0 Å². The summed E-state index contributed by atoms with van der Waals surface area (Å²) in [4.78, 5) is 0. The molecule has 0 spiro atoms. The van der Waals surface area contributed by atoms with E-state index in [2.05, 4.69) is 88.4 Å². The van der Waals surface area contributed by atoms with Gasteiger partial charge in [-0.15, -0.1) is 28.3 Å². The first-order chi connectivity index (χ1) is 15.3. The predicted molar refractivity (Wildman–Crippen MR) is 140 cm³/mol.